The Morgan fingerprint density at radius 3 is 2.35 bits per heavy atom. The van der Waals surface area contributed by atoms with E-state index in [0.29, 0.717) is 18.4 Å². The van der Waals surface area contributed by atoms with Crippen molar-refractivity contribution in [3.8, 4) is 0 Å². The molecular weight excluding hydrogens is 326 g/mol. The molecule has 0 spiro atoms. The third kappa shape index (κ3) is 3.67. The zero-order valence-electron chi connectivity index (χ0n) is 15.5. The highest BCUT2D eigenvalue weighted by Crippen LogP contribution is 2.34. The Hall–Kier alpha value is -2.17. The maximum atomic E-state index is 12.8. The Labute approximate surface area is 154 Å². The Kier molecular flexibility index (Phi) is 5.05. The first kappa shape index (κ1) is 17.3. The number of carbonyl (C=O) groups excluding carboxylic acids is 1. The summed E-state index contributed by atoms with van der Waals surface area (Å²) in [7, 11) is 0. The summed E-state index contributed by atoms with van der Waals surface area (Å²) < 4.78 is 6.05. The van der Waals surface area contributed by atoms with Crippen LogP contribution in [0.3, 0.4) is 0 Å². The first-order valence-corrected chi connectivity index (χ1v) is 9.90. The topological polar surface area (TPSA) is 59.2 Å². The number of hydrogen-bond acceptors (Lipinski definition) is 4. The number of piperidine rings is 1. The zero-order chi connectivity index (χ0) is 17.9. The van der Waals surface area contributed by atoms with E-state index in [1.807, 2.05) is 36.1 Å². The second-order valence-electron chi connectivity index (χ2n) is 7.77. The van der Waals surface area contributed by atoms with Gasteiger partial charge in [0.25, 0.3) is 5.91 Å². The molecule has 138 valence electrons. The number of aryl methyl sites for hydroxylation is 1. The van der Waals surface area contributed by atoms with Gasteiger partial charge in [-0.3, -0.25) is 4.79 Å². The number of hydrogen-bond donors (Lipinski definition) is 0. The van der Waals surface area contributed by atoms with Gasteiger partial charge in [-0.05, 0) is 44.7 Å². The van der Waals surface area contributed by atoms with Crippen molar-refractivity contribution in [3.05, 3.63) is 47.2 Å². The minimum Gasteiger partial charge on any atom is -0.425 e. The molecule has 4 rings (SSSR count). The van der Waals surface area contributed by atoms with E-state index in [-0.39, 0.29) is 11.8 Å². The lowest BCUT2D eigenvalue weighted by Gasteiger charge is -2.31. The number of amides is 1. The van der Waals surface area contributed by atoms with Crippen molar-refractivity contribution in [1.82, 2.24) is 15.1 Å². The molecule has 1 aliphatic heterocycles. The molecule has 2 aliphatic rings. The average molecular weight is 353 g/mol. The highest BCUT2D eigenvalue weighted by atomic mass is 16.4. The van der Waals surface area contributed by atoms with E-state index in [0.717, 1.165) is 43.7 Å². The van der Waals surface area contributed by atoms with E-state index in [9.17, 15) is 4.79 Å². The predicted octanol–water partition coefficient (Wildman–Crippen LogP) is 4.45. The molecule has 1 atom stereocenters. The van der Waals surface area contributed by atoms with E-state index in [4.69, 9.17) is 4.42 Å². The van der Waals surface area contributed by atoms with E-state index in [2.05, 4.69) is 10.2 Å². The van der Waals surface area contributed by atoms with Crippen LogP contribution in [0.5, 0.6) is 0 Å². The van der Waals surface area contributed by atoms with Crippen LogP contribution in [0.2, 0.25) is 0 Å². The van der Waals surface area contributed by atoms with Gasteiger partial charge in [-0.25, -0.2) is 0 Å². The number of aromatic nitrogens is 2. The van der Waals surface area contributed by atoms with Crippen molar-refractivity contribution in [2.24, 2.45) is 0 Å². The van der Waals surface area contributed by atoms with Crippen molar-refractivity contribution in [3.63, 3.8) is 0 Å². The van der Waals surface area contributed by atoms with Gasteiger partial charge < -0.3 is 9.32 Å². The smallest absolute Gasteiger partial charge is 0.253 e. The summed E-state index contributed by atoms with van der Waals surface area (Å²) >= 11 is 0. The molecule has 1 saturated heterocycles. The van der Waals surface area contributed by atoms with Gasteiger partial charge in [0.2, 0.25) is 11.8 Å². The molecule has 1 aromatic carbocycles. The number of benzene rings is 1. The normalized spacial score (nSPS) is 21.7. The Balaban J connectivity index is 1.44. The maximum absolute atomic E-state index is 12.8. The number of nitrogens with zero attached hydrogens (tertiary/aromatic N) is 3. The summed E-state index contributed by atoms with van der Waals surface area (Å²) in [6.45, 7) is 3.50. The Morgan fingerprint density at radius 2 is 1.62 bits per heavy atom. The van der Waals surface area contributed by atoms with E-state index >= 15 is 0 Å². The fraction of sp³-hybridized carbons (Fsp3) is 0.571. The minimum absolute atomic E-state index is 0.0988. The van der Waals surface area contributed by atoms with Gasteiger partial charge in [0.15, 0.2) is 0 Å². The third-order valence-corrected chi connectivity index (χ3v) is 5.77. The van der Waals surface area contributed by atoms with E-state index in [1.165, 1.54) is 24.8 Å². The monoisotopic (exact) mass is 353 g/mol. The SMILES string of the molecule is Cc1ccc(C(=O)N2CCCC(c3nnc(C4CCCCC4)o3)C2)cc1. The van der Waals surface area contributed by atoms with Crippen LogP contribution < -0.4 is 0 Å². The van der Waals surface area contributed by atoms with Crippen LogP contribution in [-0.2, 0) is 0 Å². The number of rotatable bonds is 3. The molecule has 1 unspecified atom stereocenters. The van der Waals surface area contributed by atoms with Crippen molar-refractivity contribution < 1.29 is 9.21 Å². The molecule has 1 amide bonds. The van der Waals surface area contributed by atoms with E-state index in [1.54, 1.807) is 0 Å². The molecule has 1 saturated carbocycles. The van der Waals surface area contributed by atoms with Crippen molar-refractivity contribution in [2.75, 3.05) is 13.1 Å². The summed E-state index contributed by atoms with van der Waals surface area (Å²) in [4.78, 5) is 14.7. The van der Waals surface area contributed by atoms with Crippen LogP contribution in [0.15, 0.2) is 28.7 Å². The average Bonchev–Trinajstić information content (AvgIpc) is 3.19. The first-order valence-electron chi connectivity index (χ1n) is 9.90. The van der Waals surface area contributed by atoms with Crippen LogP contribution >= 0.6 is 0 Å². The number of carbonyl (C=O) groups is 1. The van der Waals surface area contributed by atoms with Gasteiger partial charge in [0, 0.05) is 24.6 Å². The van der Waals surface area contributed by atoms with Gasteiger partial charge in [-0.15, -0.1) is 10.2 Å². The lowest BCUT2D eigenvalue weighted by Crippen LogP contribution is -2.39. The van der Waals surface area contributed by atoms with Gasteiger partial charge in [-0.2, -0.15) is 0 Å². The summed E-state index contributed by atoms with van der Waals surface area (Å²) in [5, 5.41) is 8.67. The number of likely N-dealkylation sites (tertiary alicyclic amines) is 1. The Bertz CT molecular complexity index is 747. The van der Waals surface area contributed by atoms with E-state index < -0.39 is 0 Å². The minimum atomic E-state index is 0.0988. The lowest BCUT2D eigenvalue weighted by molar-refractivity contribution is 0.0697. The summed E-state index contributed by atoms with van der Waals surface area (Å²) in [6.07, 6.45) is 8.12. The maximum Gasteiger partial charge on any atom is 0.253 e. The van der Waals surface area contributed by atoms with Crippen molar-refractivity contribution in [2.45, 2.75) is 63.7 Å². The molecule has 5 nitrogen and oxygen atoms in total. The molecule has 1 aromatic heterocycles. The molecule has 2 fully saturated rings. The highest BCUT2D eigenvalue weighted by molar-refractivity contribution is 5.94. The van der Waals surface area contributed by atoms with Gasteiger partial charge in [-0.1, -0.05) is 37.0 Å². The van der Waals surface area contributed by atoms with Gasteiger partial charge in [0.05, 0.1) is 5.92 Å². The molecular formula is C21H27N3O2. The zero-order valence-corrected chi connectivity index (χ0v) is 15.5. The fourth-order valence-corrected chi connectivity index (χ4v) is 4.17. The Morgan fingerprint density at radius 1 is 0.962 bits per heavy atom. The van der Waals surface area contributed by atoms with Crippen LogP contribution in [0, 0.1) is 6.92 Å². The molecule has 26 heavy (non-hydrogen) atoms. The molecule has 5 heteroatoms. The largest absolute Gasteiger partial charge is 0.425 e. The summed E-state index contributed by atoms with van der Waals surface area (Å²) in [5.74, 6) is 2.21. The van der Waals surface area contributed by atoms with Crippen LogP contribution in [0.1, 0.15) is 84.5 Å². The van der Waals surface area contributed by atoms with Crippen molar-refractivity contribution >= 4 is 5.91 Å². The summed E-state index contributed by atoms with van der Waals surface area (Å²) in [6, 6.07) is 7.80. The quantitative estimate of drug-likeness (QED) is 0.818. The standard InChI is InChI=1S/C21H27N3O2/c1-15-9-11-17(12-10-15)21(25)24-13-5-8-18(14-24)20-23-22-19(26-20)16-6-3-2-4-7-16/h9-12,16,18H,2-8,13-14H2,1H3. The molecule has 2 aromatic rings. The van der Waals surface area contributed by atoms with Crippen LogP contribution in [0.4, 0.5) is 0 Å². The molecule has 2 heterocycles. The lowest BCUT2D eigenvalue weighted by atomic mass is 9.89. The predicted molar refractivity (Wildman–Crippen MR) is 99.2 cm³/mol. The molecule has 0 N–H and O–H groups in total. The molecule has 0 bridgehead atoms. The van der Waals surface area contributed by atoms with Crippen LogP contribution in [-0.4, -0.2) is 34.1 Å². The van der Waals surface area contributed by atoms with Crippen LogP contribution in [0.25, 0.3) is 0 Å². The first-order chi connectivity index (χ1) is 12.7. The fourth-order valence-electron chi connectivity index (χ4n) is 4.17. The third-order valence-electron chi connectivity index (χ3n) is 5.77. The summed E-state index contributed by atoms with van der Waals surface area (Å²) in [5.41, 5.74) is 1.92. The van der Waals surface area contributed by atoms with Gasteiger partial charge in [0.1, 0.15) is 0 Å². The molecule has 0 radical (unpaired) electrons. The second kappa shape index (κ2) is 7.60. The highest BCUT2D eigenvalue weighted by Gasteiger charge is 2.30. The van der Waals surface area contributed by atoms with Gasteiger partial charge >= 0.3 is 0 Å². The second-order valence-corrected chi connectivity index (χ2v) is 7.77. The van der Waals surface area contributed by atoms with Crippen molar-refractivity contribution in [1.29, 1.82) is 0 Å². The molecule has 1 aliphatic carbocycles.